The summed E-state index contributed by atoms with van der Waals surface area (Å²) in [4.78, 5) is 10.8. The van der Waals surface area contributed by atoms with Crippen LogP contribution in [-0.4, -0.2) is 5.97 Å². The summed E-state index contributed by atoms with van der Waals surface area (Å²) in [5.74, 6) is -0.693. The molecular formula is C10H11FO2. The minimum absolute atomic E-state index is 0.200. The van der Waals surface area contributed by atoms with Crippen molar-refractivity contribution in [1.82, 2.24) is 0 Å². The number of carbonyl (C=O) groups excluding carboxylic acids is 1. The summed E-state index contributed by atoms with van der Waals surface area (Å²) in [6.07, 6.45) is 0. The first-order valence-corrected chi connectivity index (χ1v) is 4.23. The Hall–Kier alpha value is -1.38. The third-order valence-corrected chi connectivity index (χ3v) is 1.65. The lowest BCUT2D eigenvalue weighted by atomic mass is 10.1. The molecule has 70 valence electrons. The predicted molar refractivity (Wildman–Crippen MR) is 46.9 cm³/mol. The summed E-state index contributed by atoms with van der Waals surface area (Å²) in [6.45, 7) is 4.20. The molecule has 0 N–H and O–H groups in total. The van der Waals surface area contributed by atoms with Crippen LogP contribution in [0.25, 0.3) is 0 Å². The maximum Gasteiger partial charge on any atom is 0.338 e. The summed E-state index contributed by atoms with van der Waals surface area (Å²) >= 11 is 0. The Balaban J connectivity index is 0.000000396. The van der Waals surface area contributed by atoms with Crippen molar-refractivity contribution >= 4 is 5.97 Å². The van der Waals surface area contributed by atoms with Crippen LogP contribution < -0.4 is 0 Å². The molecule has 0 bridgehead atoms. The zero-order valence-corrected chi connectivity index (χ0v) is 7.63. The molecule has 0 aromatic heterocycles. The third kappa shape index (κ3) is 1.86. The molecule has 1 aliphatic heterocycles. The number of esters is 1. The van der Waals surface area contributed by atoms with Gasteiger partial charge in [0.1, 0.15) is 12.4 Å². The van der Waals surface area contributed by atoms with Crippen LogP contribution in [0.2, 0.25) is 0 Å². The molecule has 1 aliphatic rings. The standard InChI is InChI=1S/C8H5FO2.C2H6/c9-6-1-2-7-5(3-6)4-11-8(7)10;1-2/h1-3H,4H2;1-2H3. The van der Waals surface area contributed by atoms with Crippen LogP contribution in [0.4, 0.5) is 4.39 Å². The normalized spacial score (nSPS) is 12.7. The number of benzene rings is 1. The number of hydrogen-bond donors (Lipinski definition) is 0. The molecule has 1 heterocycles. The Labute approximate surface area is 76.3 Å². The first-order chi connectivity index (χ1) is 6.27. The van der Waals surface area contributed by atoms with Crippen LogP contribution >= 0.6 is 0 Å². The van der Waals surface area contributed by atoms with Crippen molar-refractivity contribution < 1.29 is 13.9 Å². The van der Waals surface area contributed by atoms with Gasteiger partial charge in [-0.15, -0.1) is 0 Å². The maximum absolute atomic E-state index is 12.5. The van der Waals surface area contributed by atoms with Crippen LogP contribution in [-0.2, 0) is 11.3 Å². The van der Waals surface area contributed by atoms with Crippen LogP contribution in [0.1, 0.15) is 29.8 Å². The predicted octanol–water partition coefficient (Wildman–Crippen LogP) is 2.52. The van der Waals surface area contributed by atoms with E-state index in [2.05, 4.69) is 4.74 Å². The zero-order valence-electron chi connectivity index (χ0n) is 7.63. The van der Waals surface area contributed by atoms with Crippen molar-refractivity contribution in [2.75, 3.05) is 0 Å². The summed E-state index contributed by atoms with van der Waals surface area (Å²) in [5.41, 5.74) is 1.11. The highest BCUT2D eigenvalue weighted by Gasteiger charge is 2.20. The smallest absolute Gasteiger partial charge is 0.338 e. The summed E-state index contributed by atoms with van der Waals surface area (Å²) in [6, 6.07) is 4.02. The molecule has 0 saturated heterocycles. The Bertz CT molecular complexity index is 321. The Morgan fingerprint density at radius 2 is 2.08 bits per heavy atom. The monoisotopic (exact) mass is 182 g/mol. The van der Waals surface area contributed by atoms with E-state index in [1.165, 1.54) is 18.2 Å². The number of cyclic esters (lactones) is 1. The average Bonchev–Trinajstić information content (AvgIpc) is 2.51. The molecule has 0 aliphatic carbocycles. The Morgan fingerprint density at radius 3 is 2.77 bits per heavy atom. The van der Waals surface area contributed by atoms with Crippen molar-refractivity contribution in [2.24, 2.45) is 0 Å². The minimum Gasteiger partial charge on any atom is -0.457 e. The van der Waals surface area contributed by atoms with Crippen molar-refractivity contribution in [1.29, 1.82) is 0 Å². The highest BCUT2D eigenvalue weighted by molar-refractivity contribution is 5.93. The fraction of sp³-hybridized carbons (Fsp3) is 0.300. The molecule has 0 amide bonds. The number of hydrogen-bond acceptors (Lipinski definition) is 2. The quantitative estimate of drug-likeness (QED) is 0.576. The molecule has 3 heteroatoms. The van der Waals surface area contributed by atoms with Gasteiger partial charge in [-0.2, -0.15) is 0 Å². The van der Waals surface area contributed by atoms with E-state index in [-0.39, 0.29) is 18.4 Å². The minimum atomic E-state index is -0.361. The van der Waals surface area contributed by atoms with E-state index in [0.29, 0.717) is 11.1 Å². The number of rotatable bonds is 0. The van der Waals surface area contributed by atoms with Crippen LogP contribution in [0, 0.1) is 5.82 Å². The molecule has 1 aromatic rings. The maximum atomic E-state index is 12.5. The van der Waals surface area contributed by atoms with Gasteiger partial charge in [-0.1, -0.05) is 13.8 Å². The van der Waals surface area contributed by atoms with Crippen LogP contribution in [0.15, 0.2) is 18.2 Å². The second-order valence-electron chi connectivity index (χ2n) is 2.38. The lowest BCUT2D eigenvalue weighted by Crippen LogP contribution is -1.92. The van der Waals surface area contributed by atoms with E-state index in [1.54, 1.807) is 0 Å². The first-order valence-electron chi connectivity index (χ1n) is 4.23. The van der Waals surface area contributed by atoms with Gasteiger partial charge in [-0.05, 0) is 18.2 Å². The Kier molecular flexibility index (Phi) is 3.01. The van der Waals surface area contributed by atoms with Gasteiger partial charge >= 0.3 is 5.97 Å². The summed E-state index contributed by atoms with van der Waals surface area (Å²) in [5, 5.41) is 0. The number of halogens is 1. The number of fused-ring (bicyclic) bond motifs is 1. The van der Waals surface area contributed by atoms with Crippen molar-refractivity contribution in [2.45, 2.75) is 20.5 Å². The van der Waals surface area contributed by atoms with Crippen molar-refractivity contribution in [3.05, 3.63) is 35.1 Å². The highest BCUT2D eigenvalue weighted by Crippen LogP contribution is 2.19. The van der Waals surface area contributed by atoms with Gasteiger partial charge in [0.15, 0.2) is 0 Å². The highest BCUT2D eigenvalue weighted by atomic mass is 19.1. The molecule has 0 spiro atoms. The molecule has 0 saturated carbocycles. The molecule has 1 aromatic carbocycles. The second kappa shape index (κ2) is 4.03. The zero-order chi connectivity index (χ0) is 9.84. The topological polar surface area (TPSA) is 26.3 Å². The fourth-order valence-corrected chi connectivity index (χ4v) is 1.10. The van der Waals surface area contributed by atoms with Crippen molar-refractivity contribution in [3.8, 4) is 0 Å². The summed E-state index contributed by atoms with van der Waals surface area (Å²) < 4.78 is 17.2. The molecule has 0 radical (unpaired) electrons. The number of carbonyl (C=O) groups is 1. The molecule has 0 fully saturated rings. The fourth-order valence-electron chi connectivity index (χ4n) is 1.10. The Morgan fingerprint density at radius 1 is 1.38 bits per heavy atom. The van der Waals surface area contributed by atoms with Gasteiger partial charge < -0.3 is 4.74 Å². The lowest BCUT2D eigenvalue weighted by molar-refractivity contribution is 0.0535. The van der Waals surface area contributed by atoms with E-state index in [1.807, 2.05) is 13.8 Å². The van der Waals surface area contributed by atoms with Gasteiger partial charge in [0.25, 0.3) is 0 Å². The SMILES string of the molecule is CC.O=C1OCc2cc(F)ccc21. The van der Waals surface area contributed by atoms with Gasteiger partial charge in [-0.25, -0.2) is 9.18 Å². The van der Waals surface area contributed by atoms with E-state index in [9.17, 15) is 9.18 Å². The van der Waals surface area contributed by atoms with E-state index in [0.717, 1.165) is 0 Å². The average molecular weight is 182 g/mol. The van der Waals surface area contributed by atoms with Gasteiger partial charge in [-0.3, -0.25) is 0 Å². The van der Waals surface area contributed by atoms with Crippen LogP contribution in [0.3, 0.4) is 0 Å². The van der Waals surface area contributed by atoms with Gasteiger partial charge in [0.05, 0.1) is 5.56 Å². The lowest BCUT2D eigenvalue weighted by Gasteiger charge is -1.91. The molecule has 2 rings (SSSR count). The molecule has 2 nitrogen and oxygen atoms in total. The van der Waals surface area contributed by atoms with E-state index in [4.69, 9.17) is 0 Å². The van der Waals surface area contributed by atoms with Gasteiger partial charge in [0.2, 0.25) is 0 Å². The largest absolute Gasteiger partial charge is 0.457 e. The van der Waals surface area contributed by atoms with E-state index < -0.39 is 0 Å². The second-order valence-corrected chi connectivity index (χ2v) is 2.38. The van der Waals surface area contributed by atoms with Gasteiger partial charge in [0, 0.05) is 5.56 Å². The molecule has 13 heavy (non-hydrogen) atoms. The van der Waals surface area contributed by atoms with E-state index >= 15 is 0 Å². The third-order valence-electron chi connectivity index (χ3n) is 1.65. The summed E-state index contributed by atoms with van der Waals surface area (Å²) in [7, 11) is 0. The van der Waals surface area contributed by atoms with Crippen LogP contribution in [0.5, 0.6) is 0 Å². The molecule has 0 unspecified atom stereocenters. The molecular weight excluding hydrogens is 171 g/mol. The number of ether oxygens (including phenoxy) is 1. The first kappa shape index (κ1) is 9.71. The van der Waals surface area contributed by atoms with Crippen molar-refractivity contribution in [3.63, 3.8) is 0 Å². The molecule has 0 atom stereocenters.